The van der Waals surface area contributed by atoms with Gasteiger partial charge >= 0.3 is 23.6 Å². The molecule has 1 unspecified atom stereocenters. The summed E-state index contributed by atoms with van der Waals surface area (Å²) in [5.74, 6) is -1.79. The fourth-order valence-electron chi connectivity index (χ4n) is 10.7. The highest BCUT2D eigenvalue weighted by atomic mass is 32.2. The summed E-state index contributed by atoms with van der Waals surface area (Å²) in [5, 5.41) is 12.2. The van der Waals surface area contributed by atoms with Crippen LogP contribution in [0.2, 0.25) is 0 Å². The summed E-state index contributed by atoms with van der Waals surface area (Å²) in [6, 6.07) is 4.13. The number of aromatic nitrogens is 4. The van der Waals surface area contributed by atoms with Crippen molar-refractivity contribution in [1.29, 1.82) is 0 Å². The molecule has 0 saturated carbocycles. The number of carbonyl (C=O) groups excluding carboxylic acids is 5. The van der Waals surface area contributed by atoms with Crippen LogP contribution in [0, 0.1) is 0 Å². The lowest BCUT2D eigenvalue weighted by molar-refractivity contribution is -0.157. The number of fused-ring (bicyclic) bond motifs is 1. The Labute approximate surface area is 544 Å². The molecule has 20 nitrogen and oxygen atoms in total. The number of anilines is 2. The first kappa shape index (κ1) is 79.0. The van der Waals surface area contributed by atoms with Crippen molar-refractivity contribution in [2.75, 3.05) is 68.5 Å². The average Bonchev–Trinajstić information content (AvgIpc) is 1.65. The van der Waals surface area contributed by atoms with Crippen LogP contribution in [0.15, 0.2) is 29.1 Å². The van der Waals surface area contributed by atoms with Gasteiger partial charge in [-0.2, -0.15) is 21.7 Å². The molecule has 3 atom stereocenters. The van der Waals surface area contributed by atoms with Crippen molar-refractivity contribution in [1.82, 2.24) is 35.5 Å². The van der Waals surface area contributed by atoms with E-state index in [-0.39, 0.29) is 54.4 Å². The van der Waals surface area contributed by atoms with Crippen molar-refractivity contribution in [2.24, 2.45) is 11.5 Å². The molecular weight excluding hydrogens is 1160 g/mol. The van der Waals surface area contributed by atoms with E-state index in [1.807, 2.05) is 0 Å². The normalized spacial score (nSPS) is 12.4. The van der Waals surface area contributed by atoms with E-state index >= 15 is 0 Å². The monoisotopic (exact) mass is 1280 g/mol. The van der Waals surface area contributed by atoms with E-state index in [0.717, 1.165) is 109 Å². The van der Waals surface area contributed by atoms with Crippen molar-refractivity contribution in [2.45, 2.75) is 283 Å². The number of rotatable bonds is 59. The summed E-state index contributed by atoms with van der Waals surface area (Å²) in [6.45, 7) is 9.70. The lowest BCUT2D eigenvalue weighted by atomic mass is 10.0. The van der Waals surface area contributed by atoms with E-state index in [0.29, 0.717) is 55.2 Å². The van der Waals surface area contributed by atoms with Crippen LogP contribution in [-0.2, 0) is 39.9 Å². The summed E-state index contributed by atoms with van der Waals surface area (Å²) in [4.78, 5) is 91.9. The highest BCUT2D eigenvalue weighted by Crippen LogP contribution is 2.20. The molecule has 0 saturated heterocycles. The van der Waals surface area contributed by atoms with Crippen LogP contribution in [0.3, 0.4) is 0 Å². The number of H-pyrrole nitrogens is 1. The number of hydrogen-bond acceptors (Lipinski definition) is 17. The summed E-state index contributed by atoms with van der Waals surface area (Å²) >= 11 is 1.28. The molecule has 2 heterocycles. The van der Waals surface area contributed by atoms with Gasteiger partial charge in [0.1, 0.15) is 30.9 Å². The minimum absolute atomic E-state index is 0.0951. The zero-order valence-electron chi connectivity index (χ0n) is 55.9. The van der Waals surface area contributed by atoms with Crippen molar-refractivity contribution >= 4 is 64.4 Å². The van der Waals surface area contributed by atoms with Gasteiger partial charge in [-0.1, -0.05) is 219 Å². The number of aromatic amines is 1. The number of nitrogens with one attached hydrogen (secondary N) is 5. The van der Waals surface area contributed by atoms with Gasteiger partial charge in [0, 0.05) is 37.4 Å². The number of hydrogen-bond donors (Lipinski definition) is 8. The molecule has 0 aliphatic rings. The predicted octanol–water partition coefficient (Wildman–Crippen LogP) is 12.5. The van der Waals surface area contributed by atoms with Crippen LogP contribution < -0.4 is 44.2 Å². The average molecular weight is 1280 g/mol. The SMILES string of the molecule is CCCCCCCCCCCCCCCC(=O)OCC(CSC[C@H](N)C(=O)N[C@@H](COC(=O)c1ccc(Cn2c(=O)[nH]c3c(N)nc(NCCCC)nc32)cc1)C(=O)NCCCCCCCCNCCCN)OC(=O)CCCCCCCCCCCCCCC. The number of imidazole rings is 1. The topological polar surface area (TPSA) is 303 Å². The molecule has 0 radical (unpaired) electrons. The second-order valence-electron chi connectivity index (χ2n) is 24.5. The van der Waals surface area contributed by atoms with E-state index in [9.17, 15) is 28.8 Å². The second kappa shape index (κ2) is 52.3. The first-order valence-electron chi connectivity index (χ1n) is 35.3. The Hall–Kier alpha value is -5.25. The van der Waals surface area contributed by atoms with Crippen molar-refractivity contribution in [3.63, 3.8) is 0 Å². The smallest absolute Gasteiger partial charge is 0.338 e. The summed E-state index contributed by atoms with van der Waals surface area (Å²) < 4.78 is 18.7. The molecule has 0 fully saturated rings. The third-order valence-electron chi connectivity index (χ3n) is 16.3. The molecular formula is C69H121N11O9S. The van der Waals surface area contributed by atoms with Crippen LogP contribution in [0.25, 0.3) is 11.2 Å². The molecule has 0 aliphatic heterocycles. The minimum atomic E-state index is -1.26. The molecule has 2 aromatic heterocycles. The largest absolute Gasteiger partial charge is 0.462 e. The number of ether oxygens (including phenoxy) is 3. The minimum Gasteiger partial charge on any atom is -0.462 e. The highest BCUT2D eigenvalue weighted by Gasteiger charge is 2.27. The van der Waals surface area contributed by atoms with Gasteiger partial charge in [-0.25, -0.2) is 9.59 Å². The number of nitrogens with two attached hydrogens (primary N) is 3. The molecule has 11 N–H and O–H groups in total. The molecule has 21 heteroatoms. The Balaban J connectivity index is 1.58. The second-order valence-corrected chi connectivity index (χ2v) is 25.6. The Morgan fingerprint density at radius 2 is 1.09 bits per heavy atom. The first-order valence-corrected chi connectivity index (χ1v) is 36.5. The lowest BCUT2D eigenvalue weighted by Gasteiger charge is -2.21. The van der Waals surface area contributed by atoms with Crippen LogP contribution in [0.1, 0.15) is 274 Å². The number of nitrogen functional groups attached to an aromatic ring is 1. The van der Waals surface area contributed by atoms with Crippen molar-refractivity contribution < 1.29 is 38.2 Å². The van der Waals surface area contributed by atoms with Crippen LogP contribution in [0.5, 0.6) is 0 Å². The van der Waals surface area contributed by atoms with Crippen molar-refractivity contribution in [3.05, 3.63) is 45.9 Å². The predicted molar refractivity (Wildman–Crippen MR) is 368 cm³/mol. The van der Waals surface area contributed by atoms with Gasteiger partial charge in [0.2, 0.25) is 17.8 Å². The number of nitrogens with zero attached hydrogens (tertiary/aromatic N) is 3. The molecule has 1 aromatic carbocycles. The van der Waals surface area contributed by atoms with Gasteiger partial charge in [0.15, 0.2) is 11.5 Å². The van der Waals surface area contributed by atoms with Crippen LogP contribution in [-0.4, -0.2) is 125 Å². The number of carbonyl (C=O) groups is 5. The zero-order chi connectivity index (χ0) is 65.1. The Kier molecular flexibility index (Phi) is 45.9. The van der Waals surface area contributed by atoms with E-state index in [1.165, 1.54) is 138 Å². The Bertz CT molecular complexity index is 2430. The zero-order valence-corrected chi connectivity index (χ0v) is 56.7. The van der Waals surface area contributed by atoms with Gasteiger partial charge < -0.3 is 57.7 Å². The number of amides is 2. The van der Waals surface area contributed by atoms with Gasteiger partial charge in [-0.3, -0.25) is 23.7 Å². The van der Waals surface area contributed by atoms with E-state index < -0.39 is 48.3 Å². The number of esters is 3. The molecule has 3 aromatic rings. The summed E-state index contributed by atoms with van der Waals surface area (Å²) in [5.41, 5.74) is 19.4. The van der Waals surface area contributed by atoms with Gasteiger partial charge in [-0.05, 0) is 75.9 Å². The standard InChI is InChI=1S/C69H121N11O9S/c1-4-7-10-12-14-16-18-20-22-24-26-30-34-39-60(81)87-51-57(89-61(82)40-35-31-27-25-23-21-19-17-15-13-11-8-5-2)53-90-54-58(71)65(83)76-59(66(84)74-49-37-33-29-28-32-36-46-73-47-38-45-70)52-88-67(85)56-43-41-55(42-44-56)50-80-64-62(77-69(80)86)63(72)78-68(79-64)75-48-9-6-3/h41-44,57-59,73H,4-40,45-54,70-71H2,1-3H3,(H,74,84)(H,76,83)(H,77,86)(H3,72,75,78,79)/t57?,58-,59-/m0/s1. The number of thioether (sulfide) groups is 1. The number of benzene rings is 1. The molecule has 0 spiro atoms. The molecule has 3 rings (SSSR count). The quantitative estimate of drug-likeness (QED) is 0.0148. The molecule has 0 aliphatic carbocycles. The third kappa shape index (κ3) is 37.3. The van der Waals surface area contributed by atoms with E-state index in [1.54, 1.807) is 24.3 Å². The first-order chi connectivity index (χ1) is 43.9. The van der Waals surface area contributed by atoms with Crippen LogP contribution >= 0.6 is 11.8 Å². The maximum absolute atomic E-state index is 13.8. The maximum atomic E-state index is 13.8. The number of unbranched alkanes of at least 4 members (excludes halogenated alkanes) is 30. The summed E-state index contributed by atoms with van der Waals surface area (Å²) in [6.07, 6.45) is 39.8. The van der Waals surface area contributed by atoms with Gasteiger partial charge in [0.25, 0.3) is 0 Å². The molecule has 2 amide bonds. The van der Waals surface area contributed by atoms with Gasteiger partial charge in [0.05, 0.1) is 18.2 Å². The van der Waals surface area contributed by atoms with Gasteiger partial charge in [-0.15, -0.1) is 0 Å². The van der Waals surface area contributed by atoms with E-state index in [2.05, 4.69) is 57.0 Å². The molecule has 90 heavy (non-hydrogen) atoms. The summed E-state index contributed by atoms with van der Waals surface area (Å²) in [7, 11) is 0. The molecule has 0 bridgehead atoms. The fourth-order valence-corrected chi connectivity index (χ4v) is 11.6. The fraction of sp³-hybridized carbons (Fsp3) is 0.768. The maximum Gasteiger partial charge on any atom is 0.338 e. The lowest BCUT2D eigenvalue weighted by Crippen LogP contribution is -2.54. The molecule has 512 valence electrons. The Morgan fingerprint density at radius 1 is 0.578 bits per heavy atom. The third-order valence-corrected chi connectivity index (χ3v) is 17.5. The Morgan fingerprint density at radius 3 is 1.64 bits per heavy atom. The van der Waals surface area contributed by atoms with Crippen LogP contribution in [0.4, 0.5) is 11.8 Å². The van der Waals surface area contributed by atoms with Crippen molar-refractivity contribution in [3.8, 4) is 0 Å². The van der Waals surface area contributed by atoms with E-state index in [4.69, 9.17) is 31.4 Å². The highest BCUT2D eigenvalue weighted by molar-refractivity contribution is 7.99.